The number of benzene rings is 3. The lowest BCUT2D eigenvalue weighted by molar-refractivity contribution is -0.117. The zero-order valence-corrected chi connectivity index (χ0v) is 20.2. The number of carbonyl (C=O) groups excluding carboxylic acids is 2. The van der Waals surface area contributed by atoms with Gasteiger partial charge in [-0.3, -0.25) is 9.59 Å². The standard InChI is InChI=1S/C28H28N4O4/c1-3-32(4-2)23-13-10-20(11-14-23)16-24(30-27(33)22-8-6-5-7-9-22)28(34)31-29-18-21-12-15-25-26(17-21)36-19-35-25/h5-18H,3-4,19H2,1-2H3,(H,30,33)(H,31,34)/b24-16+,29-18-. The summed E-state index contributed by atoms with van der Waals surface area (Å²) in [5.74, 6) is 0.340. The Hall–Kier alpha value is -4.59. The van der Waals surface area contributed by atoms with Gasteiger partial charge in [0.15, 0.2) is 11.5 Å². The van der Waals surface area contributed by atoms with Gasteiger partial charge in [-0.2, -0.15) is 5.10 Å². The minimum Gasteiger partial charge on any atom is -0.454 e. The average Bonchev–Trinajstić information content (AvgIpc) is 3.38. The Morgan fingerprint density at radius 2 is 1.61 bits per heavy atom. The van der Waals surface area contributed by atoms with E-state index in [0.29, 0.717) is 17.1 Å². The van der Waals surface area contributed by atoms with Crippen molar-refractivity contribution in [3.05, 3.63) is 95.2 Å². The Balaban J connectivity index is 1.52. The van der Waals surface area contributed by atoms with Crippen LogP contribution in [-0.2, 0) is 4.79 Å². The van der Waals surface area contributed by atoms with Crippen LogP contribution in [0.15, 0.2) is 83.6 Å². The van der Waals surface area contributed by atoms with Crippen LogP contribution in [0.2, 0.25) is 0 Å². The monoisotopic (exact) mass is 484 g/mol. The molecule has 1 heterocycles. The van der Waals surface area contributed by atoms with E-state index in [9.17, 15) is 9.59 Å². The van der Waals surface area contributed by atoms with Crippen molar-refractivity contribution in [2.75, 3.05) is 24.8 Å². The molecule has 8 heteroatoms. The van der Waals surface area contributed by atoms with E-state index in [1.807, 2.05) is 30.3 Å². The zero-order valence-electron chi connectivity index (χ0n) is 20.2. The van der Waals surface area contributed by atoms with Crippen LogP contribution in [0.1, 0.15) is 35.3 Å². The third-order valence-corrected chi connectivity index (χ3v) is 5.64. The van der Waals surface area contributed by atoms with Crippen molar-refractivity contribution in [2.45, 2.75) is 13.8 Å². The van der Waals surface area contributed by atoms with Crippen molar-refractivity contribution in [2.24, 2.45) is 5.10 Å². The van der Waals surface area contributed by atoms with Gasteiger partial charge in [0.1, 0.15) is 5.70 Å². The summed E-state index contributed by atoms with van der Waals surface area (Å²) in [6.07, 6.45) is 3.12. The van der Waals surface area contributed by atoms with Crippen LogP contribution in [0.25, 0.3) is 6.08 Å². The number of amides is 2. The minimum atomic E-state index is -0.552. The summed E-state index contributed by atoms with van der Waals surface area (Å²) < 4.78 is 10.7. The molecule has 0 fully saturated rings. The van der Waals surface area contributed by atoms with Crippen molar-refractivity contribution in [3.8, 4) is 11.5 Å². The quantitative estimate of drug-likeness (QED) is 0.270. The molecule has 36 heavy (non-hydrogen) atoms. The summed E-state index contributed by atoms with van der Waals surface area (Å²) in [5.41, 5.74) is 5.59. The second-order valence-corrected chi connectivity index (χ2v) is 7.95. The van der Waals surface area contributed by atoms with Crippen molar-refractivity contribution < 1.29 is 19.1 Å². The van der Waals surface area contributed by atoms with Crippen molar-refractivity contribution in [1.29, 1.82) is 0 Å². The molecule has 0 unspecified atom stereocenters. The van der Waals surface area contributed by atoms with Crippen molar-refractivity contribution in [1.82, 2.24) is 10.7 Å². The van der Waals surface area contributed by atoms with Gasteiger partial charge >= 0.3 is 0 Å². The molecule has 184 valence electrons. The van der Waals surface area contributed by atoms with E-state index >= 15 is 0 Å². The molecule has 3 aromatic carbocycles. The normalized spacial score (nSPS) is 12.4. The molecule has 1 aliphatic rings. The van der Waals surface area contributed by atoms with Gasteiger partial charge in [0, 0.05) is 24.3 Å². The summed E-state index contributed by atoms with van der Waals surface area (Å²) in [6.45, 7) is 6.17. The Kier molecular flexibility index (Phi) is 7.97. The maximum absolute atomic E-state index is 13.0. The summed E-state index contributed by atoms with van der Waals surface area (Å²) in [5, 5.41) is 6.76. The molecule has 2 amide bonds. The number of fused-ring (bicyclic) bond motifs is 1. The number of anilines is 1. The van der Waals surface area contributed by atoms with Gasteiger partial charge in [-0.25, -0.2) is 5.43 Å². The Labute approximate surface area is 210 Å². The molecule has 0 radical (unpaired) electrons. The molecule has 4 rings (SSSR count). The SMILES string of the molecule is CCN(CC)c1ccc(/C=C(/NC(=O)c2ccccc2)C(=O)N/N=C\c2ccc3c(c2)OCO3)cc1. The van der Waals surface area contributed by atoms with Crippen LogP contribution >= 0.6 is 0 Å². The Morgan fingerprint density at radius 3 is 2.33 bits per heavy atom. The van der Waals surface area contributed by atoms with E-state index in [-0.39, 0.29) is 12.5 Å². The van der Waals surface area contributed by atoms with E-state index in [1.165, 1.54) is 6.21 Å². The molecule has 0 aromatic heterocycles. The first-order valence-corrected chi connectivity index (χ1v) is 11.7. The predicted molar refractivity (Wildman–Crippen MR) is 140 cm³/mol. The molecular weight excluding hydrogens is 456 g/mol. The molecule has 1 aliphatic heterocycles. The Bertz CT molecular complexity index is 1270. The largest absolute Gasteiger partial charge is 0.454 e. The highest BCUT2D eigenvalue weighted by Crippen LogP contribution is 2.31. The molecule has 0 spiro atoms. The molecule has 0 aliphatic carbocycles. The van der Waals surface area contributed by atoms with E-state index in [0.717, 1.165) is 29.9 Å². The molecule has 3 aromatic rings. The molecular formula is C28H28N4O4. The third-order valence-electron chi connectivity index (χ3n) is 5.64. The maximum atomic E-state index is 13.0. The van der Waals surface area contributed by atoms with Gasteiger partial charge in [0.2, 0.25) is 6.79 Å². The Morgan fingerprint density at radius 1 is 0.917 bits per heavy atom. The second-order valence-electron chi connectivity index (χ2n) is 7.95. The summed E-state index contributed by atoms with van der Waals surface area (Å²) in [6, 6.07) is 21.9. The fourth-order valence-corrected chi connectivity index (χ4v) is 3.70. The number of nitrogens with zero attached hydrogens (tertiary/aromatic N) is 2. The van der Waals surface area contributed by atoms with Crippen LogP contribution in [0.3, 0.4) is 0 Å². The molecule has 0 saturated carbocycles. The summed E-state index contributed by atoms with van der Waals surface area (Å²) >= 11 is 0. The number of rotatable bonds is 9. The fourth-order valence-electron chi connectivity index (χ4n) is 3.70. The topological polar surface area (TPSA) is 92.3 Å². The van der Waals surface area contributed by atoms with E-state index in [4.69, 9.17) is 9.47 Å². The minimum absolute atomic E-state index is 0.0716. The lowest BCUT2D eigenvalue weighted by atomic mass is 10.1. The predicted octanol–water partition coefficient (Wildman–Crippen LogP) is 4.18. The van der Waals surface area contributed by atoms with Crippen LogP contribution in [0.4, 0.5) is 5.69 Å². The van der Waals surface area contributed by atoms with Gasteiger partial charge < -0.3 is 19.7 Å². The van der Waals surface area contributed by atoms with Crippen LogP contribution in [0.5, 0.6) is 11.5 Å². The molecule has 0 atom stereocenters. The first-order valence-electron chi connectivity index (χ1n) is 11.7. The van der Waals surface area contributed by atoms with E-state index in [1.54, 1.807) is 48.5 Å². The maximum Gasteiger partial charge on any atom is 0.287 e. The lowest BCUT2D eigenvalue weighted by Gasteiger charge is -2.20. The summed E-state index contributed by atoms with van der Waals surface area (Å²) in [4.78, 5) is 28.0. The smallest absolute Gasteiger partial charge is 0.287 e. The number of hydrazone groups is 1. The van der Waals surface area contributed by atoms with Crippen molar-refractivity contribution in [3.63, 3.8) is 0 Å². The first kappa shape index (κ1) is 24.5. The van der Waals surface area contributed by atoms with E-state index in [2.05, 4.69) is 34.6 Å². The van der Waals surface area contributed by atoms with Gasteiger partial charge in [-0.1, -0.05) is 30.3 Å². The van der Waals surface area contributed by atoms with Crippen LogP contribution < -0.4 is 25.1 Å². The van der Waals surface area contributed by atoms with Gasteiger partial charge in [0.05, 0.1) is 6.21 Å². The van der Waals surface area contributed by atoms with Gasteiger partial charge in [-0.05, 0) is 73.5 Å². The van der Waals surface area contributed by atoms with Gasteiger partial charge in [0.25, 0.3) is 11.8 Å². The fraction of sp³-hybridized carbons (Fsp3) is 0.179. The second kappa shape index (κ2) is 11.7. The number of nitrogens with one attached hydrogen (secondary N) is 2. The van der Waals surface area contributed by atoms with Gasteiger partial charge in [-0.15, -0.1) is 0 Å². The highest BCUT2D eigenvalue weighted by Gasteiger charge is 2.15. The lowest BCUT2D eigenvalue weighted by Crippen LogP contribution is -2.32. The highest BCUT2D eigenvalue weighted by atomic mass is 16.7. The van der Waals surface area contributed by atoms with Crippen LogP contribution in [0, 0.1) is 0 Å². The average molecular weight is 485 g/mol. The van der Waals surface area contributed by atoms with Crippen molar-refractivity contribution >= 4 is 29.8 Å². The van der Waals surface area contributed by atoms with Crippen LogP contribution in [-0.4, -0.2) is 37.9 Å². The zero-order chi connectivity index (χ0) is 25.3. The molecule has 2 N–H and O–H groups in total. The van der Waals surface area contributed by atoms with E-state index < -0.39 is 11.8 Å². The summed E-state index contributed by atoms with van der Waals surface area (Å²) in [7, 11) is 0. The number of ether oxygens (including phenoxy) is 2. The number of carbonyl (C=O) groups is 2. The third kappa shape index (κ3) is 6.09. The number of hydrogen-bond acceptors (Lipinski definition) is 6. The highest BCUT2D eigenvalue weighted by molar-refractivity contribution is 6.05. The first-order chi connectivity index (χ1) is 17.6. The molecule has 0 bridgehead atoms. The molecule has 0 saturated heterocycles. The number of hydrogen-bond donors (Lipinski definition) is 2. The molecule has 8 nitrogen and oxygen atoms in total.